The lowest BCUT2D eigenvalue weighted by Crippen LogP contribution is -2.52. The summed E-state index contributed by atoms with van der Waals surface area (Å²) in [6, 6.07) is 5.65. The van der Waals surface area contributed by atoms with Crippen LogP contribution in [0.25, 0.3) is 0 Å². The molecule has 178 valence electrons. The molecule has 0 saturated carbocycles. The first-order chi connectivity index (χ1) is 15.1. The highest BCUT2D eigenvalue weighted by atomic mass is 31.2. The topological polar surface area (TPSA) is 123 Å². The molecule has 5 atom stereocenters. The lowest BCUT2D eigenvalue weighted by Gasteiger charge is -2.42. The molecule has 1 saturated heterocycles. The third kappa shape index (κ3) is 6.87. The second kappa shape index (κ2) is 11.6. The van der Waals surface area contributed by atoms with Crippen molar-refractivity contribution < 1.29 is 37.5 Å². The summed E-state index contributed by atoms with van der Waals surface area (Å²) in [5.74, 6) is 0.868. The van der Waals surface area contributed by atoms with Crippen LogP contribution >= 0.6 is 7.60 Å². The number of hydrogen-bond donors (Lipinski definition) is 0. The van der Waals surface area contributed by atoms with E-state index in [9.17, 15) is 19.5 Å². The summed E-state index contributed by atoms with van der Waals surface area (Å²) >= 11 is 0. The zero-order valence-electron chi connectivity index (χ0n) is 18.8. The highest BCUT2D eigenvalue weighted by molar-refractivity contribution is 7.57. The third-order valence-corrected chi connectivity index (χ3v) is 6.84. The van der Waals surface area contributed by atoms with E-state index in [0.29, 0.717) is 5.75 Å². The summed E-state index contributed by atoms with van der Waals surface area (Å²) < 4.78 is 40.9. The molecule has 1 aliphatic rings. The van der Waals surface area contributed by atoms with E-state index in [-0.39, 0.29) is 30.7 Å². The van der Waals surface area contributed by atoms with Crippen LogP contribution in [0.3, 0.4) is 0 Å². The van der Waals surface area contributed by atoms with E-state index in [1.807, 2.05) is 13.8 Å². The second-order valence-electron chi connectivity index (χ2n) is 7.35. The first-order valence-electron chi connectivity index (χ1n) is 10.4. The number of ether oxygens (including phenoxy) is 3. The van der Waals surface area contributed by atoms with Crippen LogP contribution in [0.2, 0.25) is 0 Å². The van der Waals surface area contributed by atoms with Crippen LogP contribution in [0.4, 0.5) is 5.69 Å². The van der Waals surface area contributed by atoms with Crippen molar-refractivity contribution in [2.75, 3.05) is 13.2 Å². The summed E-state index contributed by atoms with van der Waals surface area (Å²) in [5.41, 5.74) is -0.0540. The molecular formula is C21H30NO9P. The molecular weight excluding hydrogens is 441 g/mol. The Morgan fingerprint density at radius 2 is 1.75 bits per heavy atom. The van der Waals surface area contributed by atoms with Gasteiger partial charge in [-0.2, -0.15) is 0 Å². The van der Waals surface area contributed by atoms with Gasteiger partial charge in [0, 0.05) is 36.7 Å². The minimum atomic E-state index is -3.49. The average molecular weight is 471 g/mol. The van der Waals surface area contributed by atoms with Crippen LogP contribution in [0.1, 0.15) is 34.6 Å². The molecule has 0 aliphatic carbocycles. The maximum absolute atomic E-state index is 12.8. The lowest BCUT2D eigenvalue weighted by molar-refractivity contribution is -0.384. The Morgan fingerprint density at radius 3 is 2.25 bits per heavy atom. The normalized spacial score (nSPS) is 26.1. The van der Waals surface area contributed by atoms with Crippen molar-refractivity contribution in [2.45, 2.75) is 53.1 Å². The SMILES string of the molecule is CCOP(=O)(/C=C/[C@H]1O[C@H](Oc2ccc([N+](=O)[O-])cc2)[C@@H](C)[C@@H](C)[C@@H]1OC(C)=O)OCC. The van der Waals surface area contributed by atoms with E-state index < -0.39 is 37.0 Å². The Bertz CT molecular complexity index is 847. The number of carbonyl (C=O) groups excluding carboxylic acids is 1. The number of carbonyl (C=O) groups is 1. The fraction of sp³-hybridized carbons (Fsp3) is 0.571. The predicted octanol–water partition coefficient (Wildman–Crippen LogP) is 4.68. The highest BCUT2D eigenvalue weighted by Gasteiger charge is 2.44. The van der Waals surface area contributed by atoms with Crippen LogP contribution in [0.15, 0.2) is 36.2 Å². The summed E-state index contributed by atoms with van der Waals surface area (Å²) in [7, 11) is -3.49. The van der Waals surface area contributed by atoms with E-state index in [0.717, 1.165) is 0 Å². The van der Waals surface area contributed by atoms with Crippen molar-refractivity contribution in [1.82, 2.24) is 0 Å². The summed E-state index contributed by atoms with van der Waals surface area (Å²) in [6.45, 7) is 8.90. The average Bonchev–Trinajstić information content (AvgIpc) is 2.73. The number of nitrogens with zero attached hydrogens (tertiary/aromatic N) is 1. The van der Waals surface area contributed by atoms with Crippen molar-refractivity contribution in [3.63, 3.8) is 0 Å². The van der Waals surface area contributed by atoms with Crippen molar-refractivity contribution in [3.8, 4) is 5.75 Å². The molecule has 2 rings (SSSR count). The molecule has 0 bridgehead atoms. The van der Waals surface area contributed by atoms with E-state index in [4.69, 9.17) is 23.3 Å². The van der Waals surface area contributed by atoms with Crippen LogP contribution < -0.4 is 4.74 Å². The van der Waals surface area contributed by atoms with Gasteiger partial charge in [-0.05, 0) is 32.1 Å². The largest absolute Gasteiger partial charge is 0.465 e. The number of nitro groups is 1. The van der Waals surface area contributed by atoms with Gasteiger partial charge in [-0.1, -0.05) is 13.8 Å². The molecule has 11 heteroatoms. The van der Waals surface area contributed by atoms with E-state index >= 15 is 0 Å². The number of benzene rings is 1. The maximum Gasteiger partial charge on any atom is 0.353 e. The van der Waals surface area contributed by atoms with Gasteiger partial charge in [-0.3, -0.25) is 19.5 Å². The van der Waals surface area contributed by atoms with Crippen LogP contribution in [-0.4, -0.2) is 42.6 Å². The Morgan fingerprint density at radius 1 is 1.16 bits per heavy atom. The Labute approximate surface area is 187 Å². The first-order valence-corrected chi connectivity index (χ1v) is 12.0. The number of nitro benzene ring substituents is 1. The Kier molecular flexibility index (Phi) is 9.39. The molecule has 1 aromatic rings. The van der Waals surface area contributed by atoms with Crippen LogP contribution in [0.5, 0.6) is 5.75 Å². The van der Waals surface area contributed by atoms with Gasteiger partial charge in [0.2, 0.25) is 6.29 Å². The molecule has 1 aromatic carbocycles. The highest BCUT2D eigenvalue weighted by Crippen LogP contribution is 2.50. The third-order valence-electron chi connectivity index (χ3n) is 5.07. The van der Waals surface area contributed by atoms with Crippen LogP contribution in [-0.2, 0) is 27.9 Å². The van der Waals surface area contributed by atoms with E-state index in [1.54, 1.807) is 13.8 Å². The van der Waals surface area contributed by atoms with Gasteiger partial charge in [0.25, 0.3) is 5.69 Å². The zero-order chi connectivity index (χ0) is 23.9. The number of non-ortho nitro benzene ring substituents is 1. The van der Waals surface area contributed by atoms with Crippen molar-refractivity contribution in [2.24, 2.45) is 11.8 Å². The molecule has 0 unspecified atom stereocenters. The second-order valence-corrected chi connectivity index (χ2v) is 9.24. The van der Waals surface area contributed by atoms with Gasteiger partial charge in [-0.25, -0.2) is 0 Å². The quantitative estimate of drug-likeness (QED) is 0.207. The number of hydrogen-bond acceptors (Lipinski definition) is 9. The van der Waals surface area contributed by atoms with Gasteiger partial charge < -0.3 is 23.3 Å². The monoisotopic (exact) mass is 471 g/mol. The van der Waals surface area contributed by atoms with Gasteiger partial charge in [-0.15, -0.1) is 0 Å². The van der Waals surface area contributed by atoms with Gasteiger partial charge in [0.05, 0.1) is 18.1 Å². The maximum atomic E-state index is 12.8. The number of esters is 1. The molecule has 1 heterocycles. The molecule has 0 spiro atoms. The molecule has 0 amide bonds. The van der Waals surface area contributed by atoms with E-state index in [1.165, 1.54) is 43.1 Å². The Balaban J connectivity index is 2.27. The fourth-order valence-electron chi connectivity index (χ4n) is 3.31. The Hall–Kier alpha value is -2.26. The van der Waals surface area contributed by atoms with Crippen molar-refractivity contribution in [1.29, 1.82) is 0 Å². The van der Waals surface area contributed by atoms with Crippen molar-refractivity contribution >= 4 is 19.3 Å². The van der Waals surface area contributed by atoms with Gasteiger partial charge in [0.15, 0.2) is 0 Å². The number of rotatable bonds is 10. The summed E-state index contributed by atoms with van der Waals surface area (Å²) in [4.78, 5) is 22.0. The molecule has 10 nitrogen and oxygen atoms in total. The predicted molar refractivity (Wildman–Crippen MR) is 116 cm³/mol. The summed E-state index contributed by atoms with van der Waals surface area (Å²) in [5, 5.41) is 10.9. The zero-order valence-corrected chi connectivity index (χ0v) is 19.7. The van der Waals surface area contributed by atoms with E-state index in [2.05, 4.69) is 0 Å². The molecule has 1 fully saturated rings. The molecule has 0 radical (unpaired) electrons. The molecule has 32 heavy (non-hydrogen) atoms. The smallest absolute Gasteiger partial charge is 0.353 e. The molecule has 0 N–H and O–H groups in total. The minimum absolute atomic E-state index is 0.0540. The lowest BCUT2D eigenvalue weighted by atomic mass is 9.84. The fourth-order valence-corrected chi connectivity index (χ4v) is 4.66. The van der Waals surface area contributed by atoms with Crippen molar-refractivity contribution in [3.05, 3.63) is 46.3 Å². The van der Waals surface area contributed by atoms with Gasteiger partial charge in [0.1, 0.15) is 18.0 Å². The molecule has 0 aromatic heterocycles. The molecule has 1 aliphatic heterocycles. The standard InChI is InChI=1S/C21H30NO9P/c1-6-27-32(26,28-7-2)13-12-19-20(29-16(5)23)14(3)15(4)21(31-19)30-18-10-8-17(9-11-18)22(24)25/h8-15,19-21H,6-7H2,1-5H3/b13-12+/t14-,15+,19-,20+,21+/m1/s1. The minimum Gasteiger partial charge on any atom is -0.465 e. The first kappa shape index (κ1) is 26.0. The van der Waals surface area contributed by atoms with Crippen LogP contribution in [0, 0.1) is 22.0 Å². The summed E-state index contributed by atoms with van der Waals surface area (Å²) in [6.07, 6.45) is -0.657. The van der Waals surface area contributed by atoms with Gasteiger partial charge >= 0.3 is 13.6 Å².